The third-order valence-corrected chi connectivity index (χ3v) is 6.23. The van der Waals surface area contributed by atoms with Gasteiger partial charge in [-0.25, -0.2) is 0 Å². The minimum Gasteiger partial charge on any atom is -0.356 e. The van der Waals surface area contributed by atoms with E-state index in [1.807, 2.05) is 47.4 Å². The summed E-state index contributed by atoms with van der Waals surface area (Å²) in [5, 5.41) is 2.97. The van der Waals surface area contributed by atoms with Crippen LogP contribution in [-0.2, 0) is 4.79 Å². The molecule has 0 spiro atoms. The number of hydrogen-bond donors (Lipinski definition) is 1. The Morgan fingerprint density at radius 2 is 1.66 bits per heavy atom. The zero-order chi connectivity index (χ0) is 22.7. The van der Waals surface area contributed by atoms with Crippen LogP contribution in [0.1, 0.15) is 78.4 Å². The molecule has 3 amide bonds. The summed E-state index contributed by atoms with van der Waals surface area (Å²) in [6, 6.07) is 14.9. The van der Waals surface area contributed by atoms with E-state index in [0.717, 1.165) is 37.8 Å². The van der Waals surface area contributed by atoms with Crippen LogP contribution in [0.4, 0.5) is 5.69 Å². The molecule has 0 saturated carbocycles. The zero-order valence-corrected chi connectivity index (χ0v) is 18.8. The van der Waals surface area contributed by atoms with Crippen molar-refractivity contribution in [1.82, 2.24) is 10.2 Å². The largest absolute Gasteiger partial charge is 0.356 e. The molecular weight excluding hydrogens is 402 g/mol. The Morgan fingerprint density at radius 3 is 2.44 bits per heavy atom. The van der Waals surface area contributed by atoms with Crippen LogP contribution >= 0.6 is 0 Å². The van der Waals surface area contributed by atoms with Gasteiger partial charge in [0.25, 0.3) is 11.8 Å². The molecular formula is C26H31N3O3. The first-order valence-electron chi connectivity index (χ1n) is 11.6. The minimum atomic E-state index is -0.402. The van der Waals surface area contributed by atoms with Crippen LogP contribution < -0.4 is 10.2 Å². The maximum absolute atomic E-state index is 13.3. The Hall–Kier alpha value is -3.15. The van der Waals surface area contributed by atoms with E-state index in [-0.39, 0.29) is 17.7 Å². The van der Waals surface area contributed by atoms with Crippen LogP contribution in [0.25, 0.3) is 0 Å². The van der Waals surface area contributed by atoms with Crippen molar-refractivity contribution in [2.24, 2.45) is 5.92 Å². The Kier molecular flexibility index (Phi) is 6.58. The second kappa shape index (κ2) is 9.55. The Balaban J connectivity index is 1.41. The van der Waals surface area contributed by atoms with Gasteiger partial charge in [0.05, 0.1) is 11.3 Å². The molecule has 2 aliphatic rings. The maximum atomic E-state index is 13.3. The molecule has 0 aliphatic carbocycles. The highest BCUT2D eigenvalue weighted by Crippen LogP contribution is 2.45. The highest BCUT2D eigenvalue weighted by atomic mass is 16.2. The van der Waals surface area contributed by atoms with Crippen molar-refractivity contribution in [3.05, 3.63) is 65.2 Å². The fourth-order valence-corrected chi connectivity index (χ4v) is 4.53. The smallest absolute Gasteiger partial charge is 0.260 e. The van der Waals surface area contributed by atoms with Gasteiger partial charge in [0.15, 0.2) is 0 Å². The lowest BCUT2D eigenvalue weighted by molar-refractivity contribution is -0.121. The second-order valence-corrected chi connectivity index (χ2v) is 8.99. The van der Waals surface area contributed by atoms with Crippen molar-refractivity contribution in [2.75, 3.05) is 18.0 Å². The lowest BCUT2D eigenvalue weighted by atomic mass is 10.0. The second-order valence-electron chi connectivity index (χ2n) is 8.99. The van der Waals surface area contributed by atoms with E-state index in [9.17, 15) is 14.4 Å². The third kappa shape index (κ3) is 4.27. The number of rotatable bonds is 9. The number of unbranched alkanes of at least 4 members (excludes halogenated alkanes) is 2. The normalized spacial score (nSPS) is 16.8. The van der Waals surface area contributed by atoms with Gasteiger partial charge in [0.2, 0.25) is 5.91 Å². The lowest BCUT2D eigenvalue weighted by Crippen LogP contribution is -2.48. The van der Waals surface area contributed by atoms with E-state index in [1.165, 1.54) is 0 Å². The van der Waals surface area contributed by atoms with Gasteiger partial charge in [-0.05, 0) is 43.4 Å². The van der Waals surface area contributed by atoms with Crippen molar-refractivity contribution < 1.29 is 14.4 Å². The molecule has 168 valence electrons. The van der Waals surface area contributed by atoms with Crippen LogP contribution in [-0.4, -0.2) is 35.7 Å². The highest BCUT2D eigenvalue weighted by molar-refractivity contribution is 6.16. The van der Waals surface area contributed by atoms with Gasteiger partial charge in [-0.3, -0.25) is 19.3 Å². The molecule has 0 bridgehead atoms. The van der Waals surface area contributed by atoms with Crippen LogP contribution in [0.2, 0.25) is 0 Å². The van der Waals surface area contributed by atoms with Gasteiger partial charge in [0, 0.05) is 30.6 Å². The molecule has 0 aromatic heterocycles. The molecule has 6 nitrogen and oxygen atoms in total. The number of amides is 3. The summed E-state index contributed by atoms with van der Waals surface area (Å²) in [6.07, 6.45) is 3.52. The summed E-state index contributed by atoms with van der Waals surface area (Å²) in [6.45, 7) is 5.56. The Labute approximate surface area is 189 Å². The van der Waals surface area contributed by atoms with Crippen LogP contribution in [0, 0.1) is 5.92 Å². The van der Waals surface area contributed by atoms with Crippen molar-refractivity contribution in [2.45, 2.75) is 52.1 Å². The molecule has 2 aliphatic heterocycles. The average molecular weight is 434 g/mol. The maximum Gasteiger partial charge on any atom is 0.260 e. The topological polar surface area (TPSA) is 69.7 Å². The summed E-state index contributed by atoms with van der Waals surface area (Å²) in [4.78, 5) is 42.1. The number of hydrogen-bond acceptors (Lipinski definition) is 3. The van der Waals surface area contributed by atoms with Crippen LogP contribution in [0.5, 0.6) is 0 Å². The molecule has 32 heavy (non-hydrogen) atoms. The number of carbonyl (C=O) groups is 3. The number of carbonyl (C=O) groups excluding carboxylic acids is 3. The molecule has 0 fully saturated rings. The highest BCUT2D eigenvalue weighted by Gasteiger charge is 2.47. The SMILES string of the molecule is CC(C)CCNC(=O)CCCCCN1C(=O)c2ccccc2N2C(=O)c3ccccc3[C@@H]12. The minimum absolute atomic E-state index is 0.0437. The standard InChI is InChI=1S/C26H31N3O3/c1-18(2)15-16-27-23(30)14-4-3-9-17-28-24-19-10-5-6-11-20(19)26(32)29(24)22-13-8-7-12-21(22)25(28)31/h5-8,10-13,18,24H,3-4,9,14-17H2,1-2H3,(H,27,30)/t24-/m0/s1. The summed E-state index contributed by atoms with van der Waals surface area (Å²) in [5.41, 5.74) is 2.78. The lowest BCUT2D eigenvalue weighted by Gasteiger charge is -2.41. The van der Waals surface area contributed by atoms with Gasteiger partial charge >= 0.3 is 0 Å². The summed E-state index contributed by atoms with van der Waals surface area (Å²) < 4.78 is 0. The van der Waals surface area contributed by atoms with E-state index in [2.05, 4.69) is 19.2 Å². The fourth-order valence-electron chi connectivity index (χ4n) is 4.53. The molecule has 0 unspecified atom stereocenters. The molecule has 6 heteroatoms. The van der Waals surface area contributed by atoms with Gasteiger partial charge in [0.1, 0.15) is 6.17 Å². The van der Waals surface area contributed by atoms with E-state index in [0.29, 0.717) is 35.7 Å². The van der Waals surface area contributed by atoms with E-state index in [4.69, 9.17) is 0 Å². The van der Waals surface area contributed by atoms with Crippen LogP contribution in [0.3, 0.4) is 0 Å². The molecule has 0 radical (unpaired) electrons. The predicted molar refractivity (Wildman–Crippen MR) is 124 cm³/mol. The van der Waals surface area contributed by atoms with Gasteiger partial charge in [-0.1, -0.05) is 50.6 Å². The number of nitrogens with zero attached hydrogens (tertiary/aromatic N) is 2. The molecule has 2 aromatic rings. The zero-order valence-electron chi connectivity index (χ0n) is 18.8. The fraction of sp³-hybridized carbons (Fsp3) is 0.423. The molecule has 0 saturated heterocycles. The van der Waals surface area contributed by atoms with E-state index in [1.54, 1.807) is 11.0 Å². The molecule has 2 aromatic carbocycles. The van der Waals surface area contributed by atoms with Gasteiger partial charge < -0.3 is 10.2 Å². The Morgan fingerprint density at radius 1 is 0.938 bits per heavy atom. The molecule has 4 rings (SSSR count). The van der Waals surface area contributed by atoms with E-state index >= 15 is 0 Å². The molecule has 1 N–H and O–H groups in total. The third-order valence-electron chi connectivity index (χ3n) is 6.23. The summed E-state index contributed by atoms with van der Waals surface area (Å²) >= 11 is 0. The van der Waals surface area contributed by atoms with Gasteiger partial charge in [-0.2, -0.15) is 0 Å². The van der Waals surface area contributed by atoms with E-state index < -0.39 is 6.17 Å². The molecule has 1 atom stereocenters. The van der Waals surface area contributed by atoms with Crippen LogP contribution in [0.15, 0.2) is 48.5 Å². The van der Waals surface area contributed by atoms with Crippen molar-refractivity contribution in [1.29, 1.82) is 0 Å². The number of para-hydroxylation sites is 1. The first kappa shape index (κ1) is 22.1. The average Bonchev–Trinajstić information content (AvgIpc) is 3.08. The Bertz CT molecular complexity index is 1020. The van der Waals surface area contributed by atoms with Gasteiger partial charge in [-0.15, -0.1) is 0 Å². The summed E-state index contributed by atoms with van der Waals surface area (Å²) in [7, 11) is 0. The quantitative estimate of drug-likeness (QED) is 0.591. The van der Waals surface area contributed by atoms with Crippen molar-refractivity contribution in [3.63, 3.8) is 0 Å². The van der Waals surface area contributed by atoms with Crippen molar-refractivity contribution in [3.8, 4) is 0 Å². The molecule has 2 heterocycles. The first-order valence-corrected chi connectivity index (χ1v) is 11.6. The number of anilines is 1. The number of fused-ring (bicyclic) bond motifs is 5. The number of nitrogens with one attached hydrogen (secondary N) is 1. The predicted octanol–water partition coefficient (Wildman–Crippen LogP) is 4.52. The first-order chi connectivity index (χ1) is 15.5. The number of benzene rings is 2. The van der Waals surface area contributed by atoms with Crippen molar-refractivity contribution >= 4 is 23.4 Å². The monoisotopic (exact) mass is 433 g/mol. The summed E-state index contributed by atoms with van der Waals surface area (Å²) in [5.74, 6) is 0.566.